The van der Waals surface area contributed by atoms with Crippen molar-refractivity contribution in [3.05, 3.63) is 36.5 Å². The van der Waals surface area contributed by atoms with Gasteiger partial charge in [-0.1, -0.05) is 237 Å². The summed E-state index contributed by atoms with van der Waals surface area (Å²) in [7, 11) is 0. The first-order valence-corrected chi connectivity index (χ1v) is 25.5. The highest BCUT2D eigenvalue weighted by atomic mass is 16.6. The molecule has 0 aromatic heterocycles. The third-order valence-electron chi connectivity index (χ3n) is 11.2. The molecule has 0 bridgehead atoms. The average molecular weight is 815 g/mol. The van der Waals surface area contributed by atoms with Crippen LogP contribution < -0.4 is 0 Å². The second kappa shape index (κ2) is 49.5. The summed E-state index contributed by atoms with van der Waals surface area (Å²) in [6.07, 6.45) is 58.6. The van der Waals surface area contributed by atoms with Crippen LogP contribution in [0.25, 0.3) is 0 Å². The Morgan fingerprint density at radius 2 is 0.776 bits per heavy atom. The van der Waals surface area contributed by atoms with Gasteiger partial charge in [0.15, 0.2) is 6.10 Å². The molecule has 1 unspecified atom stereocenters. The molecule has 0 spiro atoms. The fourth-order valence-electron chi connectivity index (χ4n) is 7.41. The first kappa shape index (κ1) is 56.1. The van der Waals surface area contributed by atoms with Crippen molar-refractivity contribution >= 4 is 11.9 Å². The van der Waals surface area contributed by atoms with E-state index in [0.29, 0.717) is 19.4 Å². The third-order valence-corrected chi connectivity index (χ3v) is 11.2. The molecule has 5 nitrogen and oxygen atoms in total. The zero-order valence-electron chi connectivity index (χ0n) is 39.1. The number of unbranched alkanes of at least 4 members (excludes halogenated alkanes) is 30. The van der Waals surface area contributed by atoms with Crippen molar-refractivity contribution in [2.45, 2.75) is 271 Å². The van der Waals surface area contributed by atoms with Gasteiger partial charge in [-0.05, 0) is 51.4 Å². The van der Waals surface area contributed by atoms with Crippen LogP contribution in [-0.4, -0.2) is 37.9 Å². The zero-order chi connectivity index (χ0) is 42.1. The van der Waals surface area contributed by atoms with Crippen molar-refractivity contribution in [3.63, 3.8) is 0 Å². The number of hydrogen-bond acceptors (Lipinski definition) is 5. The summed E-state index contributed by atoms with van der Waals surface area (Å²) in [6.45, 7) is 7.73. The van der Waals surface area contributed by atoms with Gasteiger partial charge >= 0.3 is 11.9 Å². The average Bonchev–Trinajstić information content (AvgIpc) is 3.22. The minimum Gasteiger partial charge on any atom is -0.462 e. The molecule has 0 rings (SSSR count). The van der Waals surface area contributed by atoms with Crippen LogP contribution in [0.2, 0.25) is 0 Å². The lowest BCUT2D eigenvalue weighted by Gasteiger charge is -2.18. The Hall–Kier alpha value is -1.88. The van der Waals surface area contributed by atoms with Crippen molar-refractivity contribution < 1.29 is 23.8 Å². The van der Waals surface area contributed by atoms with Gasteiger partial charge in [0.1, 0.15) is 6.61 Å². The minimum absolute atomic E-state index is 0.0795. The highest BCUT2D eigenvalue weighted by Crippen LogP contribution is 2.16. The van der Waals surface area contributed by atoms with Crippen molar-refractivity contribution in [1.29, 1.82) is 0 Å². The molecule has 58 heavy (non-hydrogen) atoms. The lowest BCUT2D eigenvalue weighted by molar-refractivity contribution is -0.163. The molecular formula is C53H98O5. The third kappa shape index (κ3) is 46.8. The molecule has 0 saturated carbocycles. The second-order valence-corrected chi connectivity index (χ2v) is 17.1. The Morgan fingerprint density at radius 1 is 0.397 bits per heavy atom. The van der Waals surface area contributed by atoms with Gasteiger partial charge < -0.3 is 14.2 Å². The number of esters is 2. The molecule has 0 amide bonds. The predicted octanol–water partition coefficient (Wildman–Crippen LogP) is 17.0. The van der Waals surface area contributed by atoms with Gasteiger partial charge in [0.25, 0.3) is 0 Å². The first-order chi connectivity index (χ1) is 28.6. The fraction of sp³-hybridized carbons (Fsp3) is 0.849. The smallest absolute Gasteiger partial charge is 0.306 e. The number of carbonyl (C=O) groups is 2. The van der Waals surface area contributed by atoms with Gasteiger partial charge in [-0.15, -0.1) is 0 Å². The van der Waals surface area contributed by atoms with Crippen molar-refractivity contribution in [3.8, 4) is 0 Å². The van der Waals surface area contributed by atoms with E-state index in [4.69, 9.17) is 14.2 Å². The predicted molar refractivity (Wildman–Crippen MR) is 252 cm³/mol. The normalized spacial score (nSPS) is 12.4. The first-order valence-electron chi connectivity index (χ1n) is 25.5. The number of rotatable bonds is 47. The highest BCUT2D eigenvalue weighted by molar-refractivity contribution is 5.70. The van der Waals surface area contributed by atoms with E-state index >= 15 is 0 Å². The van der Waals surface area contributed by atoms with Gasteiger partial charge in [0.05, 0.1) is 6.61 Å². The Balaban J connectivity index is 4.25. The monoisotopic (exact) mass is 815 g/mol. The van der Waals surface area contributed by atoms with E-state index in [1.165, 1.54) is 167 Å². The van der Waals surface area contributed by atoms with Crippen LogP contribution in [0.3, 0.4) is 0 Å². The summed E-state index contributed by atoms with van der Waals surface area (Å²) in [6, 6.07) is 0. The number of ether oxygens (including phenoxy) is 3. The van der Waals surface area contributed by atoms with E-state index in [2.05, 4.69) is 57.2 Å². The van der Waals surface area contributed by atoms with Gasteiger partial charge in [-0.3, -0.25) is 9.59 Å². The lowest BCUT2D eigenvalue weighted by atomic mass is 10.0. The van der Waals surface area contributed by atoms with E-state index < -0.39 is 6.10 Å². The second-order valence-electron chi connectivity index (χ2n) is 17.1. The molecule has 0 aromatic carbocycles. The molecule has 0 aliphatic rings. The molecule has 0 heterocycles. The SMILES string of the molecule is CC/C=C\C/C=C\C/C=C\CCCCCC(=O)OC(COCCCCCCCCCCCCCCCC)COC(=O)CCCCCCCCCCCCCCCCC. The Morgan fingerprint density at radius 3 is 1.24 bits per heavy atom. The topological polar surface area (TPSA) is 61.8 Å². The number of carbonyl (C=O) groups excluding carboxylic acids is 2. The molecule has 1 atom stereocenters. The lowest BCUT2D eigenvalue weighted by Crippen LogP contribution is -2.30. The molecule has 0 aliphatic heterocycles. The number of hydrogen-bond donors (Lipinski definition) is 0. The van der Waals surface area contributed by atoms with Crippen LogP contribution in [0.4, 0.5) is 0 Å². The summed E-state index contributed by atoms with van der Waals surface area (Å²) in [4.78, 5) is 25.3. The number of allylic oxidation sites excluding steroid dienone is 6. The van der Waals surface area contributed by atoms with Gasteiger partial charge in [-0.2, -0.15) is 0 Å². The van der Waals surface area contributed by atoms with Crippen LogP contribution in [0.15, 0.2) is 36.5 Å². The largest absolute Gasteiger partial charge is 0.462 e. The van der Waals surface area contributed by atoms with Gasteiger partial charge in [-0.25, -0.2) is 0 Å². The minimum atomic E-state index is -0.544. The van der Waals surface area contributed by atoms with E-state index in [0.717, 1.165) is 64.2 Å². The van der Waals surface area contributed by atoms with Crippen LogP contribution in [0, 0.1) is 0 Å². The van der Waals surface area contributed by atoms with E-state index in [1.54, 1.807) is 0 Å². The molecule has 0 N–H and O–H groups in total. The van der Waals surface area contributed by atoms with Crippen molar-refractivity contribution in [2.75, 3.05) is 19.8 Å². The summed E-state index contributed by atoms with van der Waals surface area (Å²) in [5.74, 6) is -0.416. The van der Waals surface area contributed by atoms with Crippen LogP contribution in [0.5, 0.6) is 0 Å². The molecule has 5 heteroatoms. The summed E-state index contributed by atoms with van der Waals surface area (Å²) in [5.41, 5.74) is 0. The molecule has 0 radical (unpaired) electrons. The Bertz CT molecular complexity index is 924. The molecular weight excluding hydrogens is 717 g/mol. The Labute approximate surface area is 361 Å². The van der Waals surface area contributed by atoms with Crippen molar-refractivity contribution in [1.82, 2.24) is 0 Å². The molecule has 340 valence electrons. The maximum absolute atomic E-state index is 12.8. The van der Waals surface area contributed by atoms with Crippen LogP contribution in [0.1, 0.15) is 265 Å². The molecule has 0 aromatic rings. The van der Waals surface area contributed by atoms with E-state index in [1.807, 2.05) is 0 Å². The summed E-state index contributed by atoms with van der Waals surface area (Å²) < 4.78 is 17.4. The highest BCUT2D eigenvalue weighted by Gasteiger charge is 2.17. The standard InChI is InChI=1S/C53H98O5/c1-4-7-10-13-16-19-22-25-27-29-31-34-37-40-43-46-52(54)57-50-51(49-56-48-45-42-39-36-33-30-26-23-20-17-14-11-8-5-2)58-53(55)47-44-41-38-35-32-28-24-21-18-15-12-9-6-3/h9,12,18,21,28,32,51H,4-8,10-11,13-17,19-20,22-27,29-31,33-50H2,1-3H3/b12-9-,21-18-,32-28-. The van der Waals surface area contributed by atoms with E-state index in [-0.39, 0.29) is 25.2 Å². The van der Waals surface area contributed by atoms with Gasteiger partial charge in [0.2, 0.25) is 0 Å². The summed E-state index contributed by atoms with van der Waals surface area (Å²) >= 11 is 0. The van der Waals surface area contributed by atoms with Gasteiger partial charge in [0, 0.05) is 19.4 Å². The molecule has 0 fully saturated rings. The maximum atomic E-state index is 12.8. The van der Waals surface area contributed by atoms with E-state index in [9.17, 15) is 9.59 Å². The van der Waals surface area contributed by atoms with Crippen LogP contribution in [-0.2, 0) is 23.8 Å². The van der Waals surface area contributed by atoms with Crippen molar-refractivity contribution in [2.24, 2.45) is 0 Å². The fourth-order valence-corrected chi connectivity index (χ4v) is 7.41. The quantitative estimate of drug-likeness (QED) is 0.0348. The summed E-state index contributed by atoms with van der Waals surface area (Å²) in [5, 5.41) is 0. The molecule has 0 saturated heterocycles. The van der Waals surface area contributed by atoms with Crippen LogP contribution >= 0.6 is 0 Å². The molecule has 0 aliphatic carbocycles. The maximum Gasteiger partial charge on any atom is 0.306 e. The Kier molecular flexibility index (Phi) is 47.9. The zero-order valence-corrected chi connectivity index (χ0v) is 39.1.